The van der Waals surface area contributed by atoms with E-state index in [1.54, 1.807) is 6.08 Å². The molecule has 31 heteroatoms. The quantitative estimate of drug-likeness (QED) is 0.0256. The highest BCUT2D eigenvalue weighted by Crippen LogP contribution is 2.37. The number of aliphatic hydroxyl groups excluding tert-OH is 15. The van der Waals surface area contributed by atoms with Crippen LogP contribution in [0.15, 0.2) is 12.2 Å². The van der Waals surface area contributed by atoms with Crippen molar-refractivity contribution in [2.75, 3.05) is 39.6 Å². The molecule has 18 N–H and O–H groups in total. The number of aliphatic hydroxyl groups is 15. The highest BCUT2D eigenvalue weighted by Gasteiger charge is 2.58. The SMILES string of the molecule is CCCCCCCCCCCCC/C=C/[C@@H](O)[C@H](CO[C@@H]1OC(CO)[C@@H](O[C@@H]2OC(CO)[C@H](O[C@@H]3OC(CO)[C@H](O[C@@H]4OC(CO)[C@H](O)[C@H](O)C4NC(C)=O)[C@H](O[C@@H]4OC(CO)[C@H](O)[C@H](O)C4NC(C)=O)C3O)[C@H](O)C2O)[C@H](O)C1O)NC(=O)CCCCCCCCCCCCCCC. The lowest BCUT2D eigenvalue weighted by Gasteiger charge is -2.51. The number of ether oxygens (including phenoxy) is 10. The molecule has 0 bridgehead atoms. The molecule has 0 saturated carbocycles. The van der Waals surface area contributed by atoms with E-state index in [-0.39, 0.29) is 12.3 Å². The van der Waals surface area contributed by atoms with E-state index in [0.717, 1.165) is 65.2 Å². The number of hydrogen-bond acceptors (Lipinski definition) is 28. The Labute approximate surface area is 582 Å². The van der Waals surface area contributed by atoms with Crippen molar-refractivity contribution in [2.45, 2.75) is 360 Å². The number of unbranched alkanes of at least 4 members (excludes halogenated alkanes) is 23. The first-order valence-corrected chi connectivity index (χ1v) is 36.5. The molecule has 0 aromatic carbocycles. The molecule has 27 atom stereocenters. The van der Waals surface area contributed by atoms with Gasteiger partial charge in [-0.05, 0) is 19.3 Å². The van der Waals surface area contributed by atoms with Crippen LogP contribution in [0.1, 0.15) is 195 Å². The number of amides is 3. The van der Waals surface area contributed by atoms with Crippen LogP contribution in [0.2, 0.25) is 0 Å². The summed E-state index contributed by atoms with van der Waals surface area (Å²) >= 11 is 0. The van der Waals surface area contributed by atoms with Crippen molar-refractivity contribution in [3.8, 4) is 0 Å². The predicted octanol–water partition coefficient (Wildman–Crippen LogP) is -1.03. The van der Waals surface area contributed by atoms with Crippen LogP contribution in [0.5, 0.6) is 0 Å². The Morgan fingerprint density at radius 3 is 1.15 bits per heavy atom. The van der Waals surface area contributed by atoms with Crippen molar-refractivity contribution in [3.63, 3.8) is 0 Å². The monoisotopic (exact) mass is 1430 g/mol. The van der Waals surface area contributed by atoms with Crippen LogP contribution >= 0.6 is 0 Å². The van der Waals surface area contributed by atoms with E-state index < -0.39 is 217 Å². The molecule has 10 unspecified atom stereocenters. The molecule has 5 aliphatic rings. The second kappa shape index (κ2) is 46.9. The third-order valence-corrected chi connectivity index (χ3v) is 19.1. The summed E-state index contributed by atoms with van der Waals surface area (Å²) in [5.41, 5.74) is 0. The second-order valence-electron chi connectivity index (χ2n) is 27.1. The van der Waals surface area contributed by atoms with Crippen LogP contribution in [0.3, 0.4) is 0 Å². The van der Waals surface area contributed by atoms with Gasteiger partial charge in [0.2, 0.25) is 17.7 Å². The largest absolute Gasteiger partial charge is 0.394 e. The molecule has 0 spiro atoms. The van der Waals surface area contributed by atoms with E-state index in [0.29, 0.717) is 12.8 Å². The number of nitrogens with one attached hydrogen (secondary N) is 3. The first-order chi connectivity index (χ1) is 47.6. The van der Waals surface area contributed by atoms with Crippen LogP contribution in [-0.2, 0) is 61.8 Å². The molecule has 5 saturated heterocycles. The third kappa shape index (κ3) is 27.2. The smallest absolute Gasteiger partial charge is 0.220 e. The lowest BCUT2D eigenvalue weighted by Crippen LogP contribution is -2.70. The maximum absolute atomic E-state index is 13.4. The number of hydrogen-bond donors (Lipinski definition) is 18. The average molecular weight is 1430 g/mol. The Balaban J connectivity index is 1.26. The second-order valence-corrected chi connectivity index (χ2v) is 27.1. The maximum Gasteiger partial charge on any atom is 0.220 e. The maximum atomic E-state index is 13.4. The Bertz CT molecular complexity index is 2230. The topological polar surface area (TPSA) is 483 Å². The average Bonchev–Trinajstić information content (AvgIpc) is 0.775. The molecular weight excluding hydrogens is 1310 g/mol. The molecule has 3 amide bonds. The number of carbonyl (C=O) groups excluding carboxylic acids is 3. The zero-order valence-corrected chi connectivity index (χ0v) is 58.4. The summed E-state index contributed by atoms with van der Waals surface area (Å²) in [5, 5.41) is 174. The lowest BCUT2D eigenvalue weighted by molar-refractivity contribution is -0.396. The summed E-state index contributed by atoms with van der Waals surface area (Å²) in [7, 11) is 0. The van der Waals surface area contributed by atoms with Crippen LogP contribution in [-0.4, -0.2) is 300 Å². The van der Waals surface area contributed by atoms with Gasteiger partial charge in [0.15, 0.2) is 31.5 Å². The molecule has 0 radical (unpaired) electrons. The first-order valence-electron chi connectivity index (χ1n) is 36.5. The third-order valence-electron chi connectivity index (χ3n) is 19.1. The Morgan fingerprint density at radius 1 is 0.394 bits per heavy atom. The van der Waals surface area contributed by atoms with Gasteiger partial charge in [-0.1, -0.05) is 167 Å². The van der Waals surface area contributed by atoms with Crippen LogP contribution in [0.25, 0.3) is 0 Å². The van der Waals surface area contributed by atoms with Crippen LogP contribution in [0, 0.1) is 0 Å². The van der Waals surface area contributed by atoms with Gasteiger partial charge in [-0.15, -0.1) is 0 Å². The fraction of sp³-hybridized carbons (Fsp3) is 0.926. The van der Waals surface area contributed by atoms with Crippen LogP contribution < -0.4 is 16.0 Å². The molecule has 578 valence electrons. The van der Waals surface area contributed by atoms with E-state index in [1.807, 2.05) is 6.08 Å². The van der Waals surface area contributed by atoms with E-state index in [1.165, 1.54) is 96.3 Å². The summed E-state index contributed by atoms with van der Waals surface area (Å²) in [6.07, 6.45) is -12.7. The van der Waals surface area contributed by atoms with E-state index in [9.17, 15) is 91.0 Å². The van der Waals surface area contributed by atoms with Crippen molar-refractivity contribution in [2.24, 2.45) is 0 Å². The Hall–Kier alpha value is -2.85. The van der Waals surface area contributed by atoms with Gasteiger partial charge in [-0.2, -0.15) is 0 Å². The van der Waals surface area contributed by atoms with Crippen molar-refractivity contribution in [1.29, 1.82) is 0 Å². The van der Waals surface area contributed by atoms with Gasteiger partial charge >= 0.3 is 0 Å². The number of carbonyl (C=O) groups is 3. The van der Waals surface area contributed by atoms with Crippen molar-refractivity contribution in [3.05, 3.63) is 12.2 Å². The molecule has 5 aliphatic heterocycles. The normalized spacial score (nSPS) is 35.8. The molecule has 99 heavy (non-hydrogen) atoms. The molecule has 0 aliphatic carbocycles. The summed E-state index contributed by atoms with van der Waals surface area (Å²) in [6, 6.07) is -4.36. The molecule has 5 rings (SSSR count). The number of rotatable bonds is 47. The summed E-state index contributed by atoms with van der Waals surface area (Å²) < 4.78 is 59.7. The van der Waals surface area contributed by atoms with E-state index in [2.05, 4.69) is 29.8 Å². The van der Waals surface area contributed by atoms with Crippen molar-refractivity contribution < 1.29 is 138 Å². The molecule has 0 aromatic rings. The van der Waals surface area contributed by atoms with E-state index >= 15 is 0 Å². The van der Waals surface area contributed by atoms with Gasteiger partial charge in [-0.3, -0.25) is 14.4 Å². The fourth-order valence-electron chi connectivity index (χ4n) is 13.3. The predicted molar refractivity (Wildman–Crippen MR) is 352 cm³/mol. The van der Waals surface area contributed by atoms with Gasteiger partial charge in [0.05, 0.1) is 51.8 Å². The zero-order chi connectivity index (χ0) is 72.6. The molecular formula is C68H123N3O28. The highest BCUT2D eigenvalue weighted by molar-refractivity contribution is 5.76. The lowest BCUT2D eigenvalue weighted by atomic mass is 9.94. The summed E-state index contributed by atoms with van der Waals surface area (Å²) in [4.78, 5) is 38.3. The van der Waals surface area contributed by atoms with E-state index in [4.69, 9.17) is 47.4 Å². The van der Waals surface area contributed by atoms with Crippen LogP contribution in [0.4, 0.5) is 0 Å². The minimum atomic E-state index is -2.26. The Morgan fingerprint density at radius 2 is 0.737 bits per heavy atom. The summed E-state index contributed by atoms with van der Waals surface area (Å²) in [6.45, 7) is 1.26. The van der Waals surface area contributed by atoms with Gasteiger partial charge in [0, 0.05) is 20.3 Å². The first kappa shape index (κ1) is 86.8. The highest BCUT2D eigenvalue weighted by atomic mass is 16.8. The zero-order valence-electron chi connectivity index (χ0n) is 58.4. The van der Waals surface area contributed by atoms with Gasteiger partial charge < -0.3 is 140 Å². The van der Waals surface area contributed by atoms with Gasteiger partial charge in [0.25, 0.3) is 0 Å². The van der Waals surface area contributed by atoms with Crippen molar-refractivity contribution >= 4 is 17.7 Å². The molecule has 0 aromatic heterocycles. The minimum absolute atomic E-state index is 0.190. The fourth-order valence-corrected chi connectivity index (χ4v) is 13.3. The summed E-state index contributed by atoms with van der Waals surface area (Å²) in [5.74, 6) is -1.88. The molecule has 5 heterocycles. The molecule has 31 nitrogen and oxygen atoms in total. The number of allylic oxidation sites excluding steroid dienone is 1. The van der Waals surface area contributed by atoms with Crippen molar-refractivity contribution in [1.82, 2.24) is 16.0 Å². The van der Waals surface area contributed by atoms with Gasteiger partial charge in [0.1, 0.15) is 122 Å². The minimum Gasteiger partial charge on any atom is -0.394 e. The Kier molecular flexibility index (Phi) is 41.1. The standard InChI is InChI=1S/C68H123N3O28/c1-5-7-9-11-13-15-17-19-21-23-25-27-29-31-42(79)41(71-48(80)32-30-28-26-24-22-20-18-16-14-12-10-8-6-2)38-90-66-57(87)55(85)60(45(35-74)93-66)96-67-58(88)56(86)61(46(36-75)94-67)97-68-59(89)63(99-65-50(70-40(4)78)54(84)52(82)44(34-73)92-65)62(47(37-76)95-68)98-64-49(69-39(3)77)53(83)51(81)43(33-72)91-64/h29,31,41-47,49-68,72-76,79,81-89H,5-28,30,32-38H2,1-4H3,(H,69,77)(H,70,78)(H,71,80)/b31-29+/t41-,42+,43?,44?,45?,46?,47?,49?,50?,51-,52-,53+,54+,55+,56+,57?,58?,59?,60+,61-,62-,63+,64-,65-,66+,67-,68-/m0/s1. The van der Waals surface area contributed by atoms with Gasteiger partial charge in [-0.25, -0.2) is 0 Å². The molecule has 5 fully saturated rings.